The first-order valence-electron chi connectivity index (χ1n) is 9.48. The zero-order valence-corrected chi connectivity index (χ0v) is 16.1. The molecule has 0 aromatic heterocycles. The maximum absolute atomic E-state index is 12.4. The molecule has 3 N–H and O–H groups in total. The standard InChI is InChI=1S/C15H25N5O7S/c21-14(17-26-9-10-6-12(7-16-10)18-4-1-5-18)13-3-2-11-8-19(13)15(22)20(11)27-28(23,24)25/h10-13,16H,1-9H2,(H,17,21)(H,23,24,25)/t10-,11+,12-,13-/m0/s1. The van der Waals surface area contributed by atoms with Crippen LogP contribution in [0.15, 0.2) is 0 Å². The summed E-state index contributed by atoms with van der Waals surface area (Å²) in [5, 5.41) is 4.00. The topological polar surface area (TPSA) is 141 Å². The van der Waals surface area contributed by atoms with Gasteiger partial charge in [0.15, 0.2) is 0 Å². The van der Waals surface area contributed by atoms with Crippen molar-refractivity contribution in [1.29, 1.82) is 0 Å². The zero-order valence-electron chi connectivity index (χ0n) is 15.3. The quantitative estimate of drug-likeness (QED) is 0.331. The van der Waals surface area contributed by atoms with Crippen molar-refractivity contribution < 1.29 is 31.7 Å². The Morgan fingerprint density at radius 1 is 1.29 bits per heavy atom. The molecular weight excluding hydrogens is 394 g/mol. The zero-order chi connectivity index (χ0) is 19.9. The van der Waals surface area contributed by atoms with Crippen molar-refractivity contribution >= 4 is 22.3 Å². The number of urea groups is 1. The monoisotopic (exact) mass is 419 g/mol. The highest BCUT2D eigenvalue weighted by Gasteiger charge is 2.49. The molecule has 0 aliphatic carbocycles. The average Bonchev–Trinajstić information content (AvgIpc) is 3.12. The van der Waals surface area contributed by atoms with E-state index in [2.05, 4.69) is 20.0 Å². The molecule has 4 fully saturated rings. The highest BCUT2D eigenvalue weighted by Crippen LogP contribution is 2.30. The fourth-order valence-electron chi connectivity index (χ4n) is 4.29. The minimum Gasteiger partial charge on any atom is -0.310 e. The third-order valence-electron chi connectivity index (χ3n) is 5.86. The summed E-state index contributed by atoms with van der Waals surface area (Å²) in [6, 6.07) is -1.39. The van der Waals surface area contributed by atoms with Crippen molar-refractivity contribution in [1.82, 2.24) is 25.7 Å². The molecule has 4 aliphatic rings. The number of nitrogens with zero attached hydrogens (tertiary/aromatic N) is 3. The molecule has 4 heterocycles. The second kappa shape index (κ2) is 7.72. The van der Waals surface area contributed by atoms with Crippen LogP contribution in [0.3, 0.4) is 0 Å². The number of hydroxylamine groups is 3. The van der Waals surface area contributed by atoms with E-state index >= 15 is 0 Å². The van der Waals surface area contributed by atoms with Crippen molar-refractivity contribution in [3.8, 4) is 0 Å². The fraction of sp³-hybridized carbons (Fsp3) is 0.867. The number of hydrogen-bond donors (Lipinski definition) is 3. The summed E-state index contributed by atoms with van der Waals surface area (Å²) >= 11 is 0. The second-order valence-corrected chi connectivity index (χ2v) is 8.68. The van der Waals surface area contributed by atoms with Crippen molar-refractivity contribution in [2.45, 2.75) is 49.9 Å². The van der Waals surface area contributed by atoms with Gasteiger partial charge in [-0.1, -0.05) is 0 Å². The van der Waals surface area contributed by atoms with Crippen LogP contribution in [0.4, 0.5) is 4.79 Å². The predicted octanol–water partition coefficient (Wildman–Crippen LogP) is -1.53. The third-order valence-corrected chi connectivity index (χ3v) is 6.21. The largest absolute Gasteiger partial charge is 0.418 e. The van der Waals surface area contributed by atoms with Crippen LogP contribution in [0.25, 0.3) is 0 Å². The molecule has 3 amide bonds. The van der Waals surface area contributed by atoms with Crippen LogP contribution in [0.5, 0.6) is 0 Å². The maximum atomic E-state index is 12.4. The van der Waals surface area contributed by atoms with Crippen LogP contribution >= 0.6 is 0 Å². The smallest absolute Gasteiger partial charge is 0.310 e. The third kappa shape index (κ3) is 4.09. The molecule has 2 bridgehead atoms. The lowest BCUT2D eigenvalue weighted by Gasteiger charge is -2.36. The van der Waals surface area contributed by atoms with Gasteiger partial charge in [-0.3, -0.25) is 19.1 Å². The summed E-state index contributed by atoms with van der Waals surface area (Å²) < 4.78 is 35.0. The van der Waals surface area contributed by atoms with E-state index in [0.717, 1.165) is 26.1 Å². The molecule has 4 aliphatic heterocycles. The van der Waals surface area contributed by atoms with Crippen LogP contribution in [-0.4, -0.2) is 96.7 Å². The summed E-state index contributed by atoms with van der Waals surface area (Å²) in [7, 11) is -4.81. The molecule has 12 nitrogen and oxygen atoms in total. The minimum atomic E-state index is -4.81. The predicted molar refractivity (Wildman–Crippen MR) is 93.9 cm³/mol. The SMILES string of the molecule is O=C(NOC[C@@H]1C[C@H](N2CCC2)CN1)[C@@H]1CC[C@@H]2CN1C(=O)N2OS(=O)(=O)O. The molecule has 0 spiro atoms. The molecule has 0 aromatic rings. The van der Waals surface area contributed by atoms with E-state index in [-0.39, 0.29) is 12.6 Å². The molecule has 13 heteroatoms. The summed E-state index contributed by atoms with van der Waals surface area (Å²) in [5.74, 6) is -0.460. The molecule has 0 saturated carbocycles. The first kappa shape index (κ1) is 19.8. The van der Waals surface area contributed by atoms with Crippen molar-refractivity contribution in [3.63, 3.8) is 0 Å². The Bertz CT molecular complexity index is 730. The van der Waals surface area contributed by atoms with Gasteiger partial charge in [-0.25, -0.2) is 10.3 Å². The maximum Gasteiger partial charge on any atom is 0.418 e. The number of piperidine rings is 1. The normalized spacial score (nSPS) is 33.2. The van der Waals surface area contributed by atoms with Crippen LogP contribution in [0, 0.1) is 0 Å². The van der Waals surface area contributed by atoms with Crippen molar-refractivity contribution in [2.24, 2.45) is 0 Å². The highest BCUT2D eigenvalue weighted by atomic mass is 32.3. The van der Waals surface area contributed by atoms with Gasteiger partial charge in [0.1, 0.15) is 6.04 Å². The van der Waals surface area contributed by atoms with E-state index in [9.17, 15) is 18.0 Å². The Morgan fingerprint density at radius 3 is 2.75 bits per heavy atom. The van der Waals surface area contributed by atoms with Gasteiger partial charge in [-0.15, -0.1) is 4.28 Å². The number of carbonyl (C=O) groups excluding carboxylic acids is 2. The number of likely N-dealkylation sites (tertiary alicyclic amines) is 1. The van der Waals surface area contributed by atoms with Crippen LogP contribution in [0.1, 0.15) is 25.7 Å². The van der Waals surface area contributed by atoms with E-state index in [1.54, 1.807) is 0 Å². The van der Waals surface area contributed by atoms with E-state index in [0.29, 0.717) is 30.6 Å². The second-order valence-electron chi connectivity index (χ2n) is 7.67. The van der Waals surface area contributed by atoms with Gasteiger partial charge in [-0.2, -0.15) is 13.5 Å². The average molecular weight is 419 g/mol. The Balaban J connectivity index is 1.24. The van der Waals surface area contributed by atoms with Gasteiger partial charge in [0, 0.05) is 25.2 Å². The molecule has 4 saturated heterocycles. The molecule has 0 unspecified atom stereocenters. The lowest BCUT2D eigenvalue weighted by molar-refractivity contribution is -0.139. The number of hydrogen-bond acceptors (Lipinski definition) is 8. The van der Waals surface area contributed by atoms with Gasteiger partial charge in [-0.05, 0) is 38.8 Å². The van der Waals surface area contributed by atoms with E-state index in [1.165, 1.54) is 11.3 Å². The number of nitrogens with one attached hydrogen (secondary N) is 2. The first-order valence-corrected chi connectivity index (χ1v) is 10.8. The Kier molecular flexibility index (Phi) is 5.46. The van der Waals surface area contributed by atoms with Crippen LogP contribution in [0.2, 0.25) is 0 Å². The summed E-state index contributed by atoms with van der Waals surface area (Å²) in [6.07, 6.45) is 2.93. The van der Waals surface area contributed by atoms with Gasteiger partial charge in [0.05, 0.1) is 12.6 Å². The van der Waals surface area contributed by atoms with Gasteiger partial charge < -0.3 is 10.2 Å². The number of amides is 3. The summed E-state index contributed by atoms with van der Waals surface area (Å²) in [6.45, 7) is 3.67. The summed E-state index contributed by atoms with van der Waals surface area (Å²) in [4.78, 5) is 33.8. The number of carbonyl (C=O) groups is 2. The van der Waals surface area contributed by atoms with Crippen LogP contribution < -0.4 is 10.8 Å². The molecule has 28 heavy (non-hydrogen) atoms. The van der Waals surface area contributed by atoms with E-state index < -0.39 is 34.4 Å². The summed E-state index contributed by atoms with van der Waals surface area (Å²) in [5.41, 5.74) is 2.40. The van der Waals surface area contributed by atoms with Gasteiger partial charge >= 0.3 is 16.4 Å². The van der Waals surface area contributed by atoms with E-state index in [1.807, 2.05) is 0 Å². The van der Waals surface area contributed by atoms with Crippen molar-refractivity contribution in [2.75, 3.05) is 32.8 Å². The number of rotatable bonds is 7. The first-order chi connectivity index (χ1) is 13.3. The van der Waals surface area contributed by atoms with Gasteiger partial charge in [0.2, 0.25) is 0 Å². The molecule has 4 rings (SSSR count). The molecule has 4 atom stereocenters. The molecular formula is C15H25N5O7S. The van der Waals surface area contributed by atoms with E-state index in [4.69, 9.17) is 9.39 Å². The van der Waals surface area contributed by atoms with Crippen LogP contribution in [-0.2, 0) is 24.3 Å². The molecule has 0 radical (unpaired) electrons. The molecule has 0 aromatic carbocycles. The Hall–Kier alpha value is -1.51. The number of fused-ring (bicyclic) bond motifs is 2. The fourth-order valence-corrected chi connectivity index (χ4v) is 4.68. The van der Waals surface area contributed by atoms with Crippen molar-refractivity contribution in [3.05, 3.63) is 0 Å². The minimum absolute atomic E-state index is 0.147. The van der Waals surface area contributed by atoms with Gasteiger partial charge in [0.25, 0.3) is 5.91 Å². The lowest BCUT2D eigenvalue weighted by atomic mass is 10.0. The Labute approximate surface area is 163 Å². The lowest BCUT2D eigenvalue weighted by Crippen LogP contribution is -2.50. The Morgan fingerprint density at radius 2 is 2.07 bits per heavy atom. The highest BCUT2D eigenvalue weighted by molar-refractivity contribution is 7.80. The molecule has 158 valence electrons.